The van der Waals surface area contributed by atoms with E-state index in [0.717, 1.165) is 16.9 Å². The quantitative estimate of drug-likeness (QED) is 0.219. The minimum Gasteiger partial charge on any atom is -0.291 e. The number of aromatic nitrogens is 2. The molecule has 6 aromatic carbocycles. The third-order valence-electron chi connectivity index (χ3n) is 8.22. The van der Waals surface area contributed by atoms with Crippen LogP contribution >= 0.6 is 0 Å². The molecule has 7 aromatic rings. The van der Waals surface area contributed by atoms with E-state index in [1.165, 1.54) is 60.6 Å². The van der Waals surface area contributed by atoms with E-state index in [9.17, 15) is 0 Å². The Morgan fingerprint density at radius 1 is 0.564 bits per heavy atom. The molecule has 0 amide bonds. The maximum Gasteiger partial charge on any atom is 0.145 e. The Hall–Kier alpha value is -4.69. The Labute approximate surface area is 228 Å². The summed E-state index contributed by atoms with van der Waals surface area (Å²) in [6.45, 7) is 6.89. The second-order valence-corrected chi connectivity index (χ2v) is 11.7. The lowest BCUT2D eigenvalue weighted by Gasteiger charge is -2.23. The highest BCUT2D eigenvalue weighted by Crippen LogP contribution is 2.47. The average Bonchev–Trinajstić information content (AvgIpc) is 3.30. The van der Waals surface area contributed by atoms with Gasteiger partial charge in [-0.25, -0.2) is 4.98 Å². The van der Waals surface area contributed by atoms with Crippen molar-refractivity contribution in [2.24, 2.45) is 0 Å². The van der Waals surface area contributed by atoms with Gasteiger partial charge < -0.3 is 0 Å². The molecule has 186 valence electrons. The fourth-order valence-corrected chi connectivity index (χ4v) is 6.41. The van der Waals surface area contributed by atoms with Gasteiger partial charge in [-0.05, 0) is 80.0 Å². The summed E-state index contributed by atoms with van der Waals surface area (Å²) in [7, 11) is 0. The Kier molecular flexibility index (Phi) is 4.52. The van der Waals surface area contributed by atoms with Gasteiger partial charge in [0, 0.05) is 16.7 Å². The number of imidazole rings is 1. The highest BCUT2D eigenvalue weighted by atomic mass is 15.1. The second kappa shape index (κ2) is 7.91. The van der Waals surface area contributed by atoms with Crippen molar-refractivity contribution >= 4 is 32.6 Å². The highest BCUT2D eigenvalue weighted by Gasteiger charge is 2.27. The van der Waals surface area contributed by atoms with Crippen LogP contribution in [0.1, 0.15) is 26.3 Å². The number of para-hydroxylation sites is 2. The van der Waals surface area contributed by atoms with Crippen molar-refractivity contribution in [3.05, 3.63) is 121 Å². The van der Waals surface area contributed by atoms with Crippen LogP contribution in [0.5, 0.6) is 0 Å². The maximum absolute atomic E-state index is 5.32. The predicted octanol–water partition coefficient (Wildman–Crippen LogP) is 9.94. The summed E-state index contributed by atoms with van der Waals surface area (Å²) >= 11 is 0. The maximum atomic E-state index is 5.32. The molecule has 0 fully saturated rings. The van der Waals surface area contributed by atoms with Crippen molar-refractivity contribution in [3.8, 4) is 39.3 Å². The lowest BCUT2D eigenvalue weighted by atomic mass is 9.82. The first-order valence-electron chi connectivity index (χ1n) is 13.7. The molecule has 39 heavy (non-hydrogen) atoms. The van der Waals surface area contributed by atoms with E-state index in [0.29, 0.717) is 0 Å². The van der Waals surface area contributed by atoms with Gasteiger partial charge in [0.05, 0.1) is 16.7 Å². The summed E-state index contributed by atoms with van der Waals surface area (Å²) in [5.41, 5.74) is 10.8. The number of hydrogen-bond donors (Lipinski definition) is 0. The van der Waals surface area contributed by atoms with E-state index < -0.39 is 0 Å². The lowest BCUT2D eigenvalue weighted by Crippen LogP contribution is -2.12. The summed E-state index contributed by atoms with van der Waals surface area (Å²) in [4.78, 5) is 5.32. The molecule has 0 saturated heterocycles. The third-order valence-corrected chi connectivity index (χ3v) is 8.22. The predicted molar refractivity (Wildman–Crippen MR) is 165 cm³/mol. The molecule has 1 aliphatic rings. The first-order valence-corrected chi connectivity index (χ1v) is 13.7. The number of fused-ring (bicyclic) bond motifs is 7. The van der Waals surface area contributed by atoms with Crippen LogP contribution in [0, 0.1) is 0 Å². The molecule has 1 aromatic heterocycles. The molecule has 0 spiro atoms. The molecule has 8 rings (SSSR count). The van der Waals surface area contributed by atoms with Crippen molar-refractivity contribution in [2.75, 3.05) is 0 Å². The Morgan fingerprint density at radius 3 is 1.97 bits per heavy atom. The minimum absolute atomic E-state index is 0.000172. The molecular weight excluding hydrogens is 472 g/mol. The average molecular weight is 501 g/mol. The van der Waals surface area contributed by atoms with Crippen molar-refractivity contribution in [1.29, 1.82) is 0 Å². The summed E-state index contributed by atoms with van der Waals surface area (Å²) < 4.78 is 2.40. The fraction of sp³-hybridized carbons (Fsp3) is 0.108. The SMILES string of the molecule is CC(C)(C)c1cc(-c2nc3cccc4c3n2-c2ccccc2-c2cc3ccccc3cc2-4)cc2ccccc12. The minimum atomic E-state index is -0.000172. The normalized spacial score (nSPS) is 12.5. The van der Waals surface area contributed by atoms with Crippen LogP contribution in [0.15, 0.2) is 115 Å². The van der Waals surface area contributed by atoms with Gasteiger partial charge in [-0.3, -0.25) is 4.57 Å². The van der Waals surface area contributed by atoms with Gasteiger partial charge >= 0.3 is 0 Å². The molecule has 0 unspecified atom stereocenters. The second-order valence-electron chi connectivity index (χ2n) is 11.7. The van der Waals surface area contributed by atoms with Crippen LogP contribution in [-0.2, 0) is 5.41 Å². The molecule has 1 aliphatic heterocycles. The van der Waals surface area contributed by atoms with Gasteiger partial charge in [-0.1, -0.05) is 99.6 Å². The Balaban J connectivity index is 1.52. The van der Waals surface area contributed by atoms with Crippen molar-refractivity contribution in [2.45, 2.75) is 26.2 Å². The van der Waals surface area contributed by atoms with Crippen LogP contribution in [-0.4, -0.2) is 9.55 Å². The summed E-state index contributed by atoms with van der Waals surface area (Å²) in [5.74, 6) is 0.985. The van der Waals surface area contributed by atoms with Crippen LogP contribution < -0.4 is 0 Å². The molecule has 0 bridgehead atoms. The fourth-order valence-electron chi connectivity index (χ4n) is 6.41. The van der Waals surface area contributed by atoms with Crippen molar-refractivity contribution in [1.82, 2.24) is 9.55 Å². The van der Waals surface area contributed by atoms with E-state index in [2.05, 4.69) is 141 Å². The van der Waals surface area contributed by atoms with E-state index in [1.54, 1.807) is 0 Å². The molecule has 0 N–H and O–H groups in total. The molecule has 0 saturated carbocycles. The summed E-state index contributed by atoms with van der Waals surface area (Å²) in [6.07, 6.45) is 0. The number of rotatable bonds is 1. The van der Waals surface area contributed by atoms with Gasteiger partial charge in [-0.2, -0.15) is 0 Å². The standard InChI is InChI=1S/C37H28N2/c1-37(2,3)32-22-26(19-25-13-6-7-14-27(25)32)36-38-33-17-10-16-29-31-21-24-12-5-4-11-23(24)20-30(31)28-15-8-9-18-34(28)39(36)35(29)33/h4-22H,1-3H3. The molecule has 0 aliphatic carbocycles. The summed E-state index contributed by atoms with van der Waals surface area (Å²) in [5, 5.41) is 5.06. The lowest BCUT2D eigenvalue weighted by molar-refractivity contribution is 0.596. The van der Waals surface area contributed by atoms with Crippen LogP contribution in [0.4, 0.5) is 0 Å². The molecule has 2 nitrogen and oxygen atoms in total. The first kappa shape index (κ1) is 22.3. The smallest absolute Gasteiger partial charge is 0.145 e. The molecule has 0 atom stereocenters. The zero-order valence-corrected chi connectivity index (χ0v) is 22.4. The summed E-state index contributed by atoms with van der Waals surface area (Å²) in [6, 6.07) is 42.1. The van der Waals surface area contributed by atoms with Crippen LogP contribution in [0.25, 0.3) is 71.9 Å². The third kappa shape index (κ3) is 3.25. The monoisotopic (exact) mass is 500 g/mol. The van der Waals surface area contributed by atoms with Gasteiger partial charge in [0.2, 0.25) is 0 Å². The molecular formula is C37H28N2. The zero-order chi connectivity index (χ0) is 26.3. The Bertz CT molecular complexity index is 2100. The topological polar surface area (TPSA) is 17.8 Å². The van der Waals surface area contributed by atoms with E-state index in [1.807, 2.05) is 0 Å². The van der Waals surface area contributed by atoms with E-state index in [4.69, 9.17) is 4.98 Å². The van der Waals surface area contributed by atoms with Crippen molar-refractivity contribution in [3.63, 3.8) is 0 Å². The van der Waals surface area contributed by atoms with Gasteiger partial charge in [0.25, 0.3) is 0 Å². The largest absolute Gasteiger partial charge is 0.291 e. The van der Waals surface area contributed by atoms with E-state index >= 15 is 0 Å². The highest BCUT2D eigenvalue weighted by molar-refractivity contribution is 6.07. The van der Waals surface area contributed by atoms with Gasteiger partial charge in [0.1, 0.15) is 5.82 Å². The molecule has 0 radical (unpaired) electrons. The van der Waals surface area contributed by atoms with Crippen molar-refractivity contribution < 1.29 is 0 Å². The number of nitrogens with zero attached hydrogens (tertiary/aromatic N) is 2. The first-order chi connectivity index (χ1) is 19.0. The van der Waals surface area contributed by atoms with Crippen LogP contribution in [0.3, 0.4) is 0 Å². The number of benzene rings is 6. The number of hydrogen-bond acceptors (Lipinski definition) is 1. The van der Waals surface area contributed by atoms with Gasteiger partial charge in [0.15, 0.2) is 0 Å². The van der Waals surface area contributed by atoms with Crippen LogP contribution in [0.2, 0.25) is 0 Å². The van der Waals surface area contributed by atoms with Gasteiger partial charge in [-0.15, -0.1) is 0 Å². The zero-order valence-electron chi connectivity index (χ0n) is 22.4. The molecule has 2 heteroatoms. The molecule has 2 heterocycles. The Morgan fingerprint density at radius 2 is 1.21 bits per heavy atom. The van der Waals surface area contributed by atoms with E-state index in [-0.39, 0.29) is 5.41 Å².